The molecule has 0 atom stereocenters. The van der Waals surface area contributed by atoms with Gasteiger partial charge in [0, 0.05) is 5.56 Å². The summed E-state index contributed by atoms with van der Waals surface area (Å²) < 4.78 is 1.60. The van der Waals surface area contributed by atoms with Crippen molar-refractivity contribution in [1.29, 1.82) is 5.26 Å². The highest BCUT2D eigenvalue weighted by Crippen LogP contribution is 2.29. The number of carbonyl (C=O) groups excluding carboxylic acids is 1. The van der Waals surface area contributed by atoms with Crippen molar-refractivity contribution < 1.29 is 4.79 Å². The molecule has 3 aromatic rings. The number of nitrogens with zero attached hydrogens (tertiary/aromatic N) is 3. The Bertz CT molecular complexity index is 957. The van der Waals surface area contributed by atoms with Gasteiger partial charge in [0.15, 0.2) is 5.82 Å². The predicted molar refractivity (Wildman–Crippen MR) is 99.2 cm³/mol. The zero-order valence-electron chi connectivity index (χ0n) is 13.9. The highest BCUT2D eigenvalue weighted by molar-refractivity contribution is 7.98. The van der Waals surface area contributed by atoms with Crippen molar-refractivity contribution in [3.63, 3.8) is 0 Å². The van der Waals surface area contributed by atoms with Gasteiger partial charge in [-0.1, -0.05) is 36.4 Å². The van der Waals surface area contributed by atoms with Gasteiger partial charge in [-0.05, 0) is 36.9 Å². The smallest absolute Gasteiger partial charge is 0.257 e. The lowest BCUT2D eigenvalue weighted by Crippen LogP contribution is -2.17. The van der Waals surface area contributed by atoms with Gasteiger partial charge in [0.2, 0.25) is 0 Å². The molecule has 1 N–H and O–H groups in total. The number of anilines is 1. The van der Waals surface area contributed by atoms with Crippen LogP contribution >= 0.6 is 11.8 Å². The fourth-order valence-electron chi connectivity index (χ4n) is 2.52. The first-order valence-electron chi connectivity index (χ1n) is 7.65. The first kappa shape index (κ1) is 16.8. The summed E-state index contributed by atoms with van der Waals surface area (Å²) in [6, 6.07) is 18.9. The van der Waals surface area contributed by atoms with E-state index in [2.05, 4.69) is 16.5 Å². The lowest BCUT2D eigenvalue weighted by Gasteiger charge is -2.10. The van der Waals surface area contributed by atoms with Crippen LogP contribution < -0.4 is 5.32 Å². The van der Waals surface area contributed by atoms with Gasteiger partial charge in [0.05, 0.1) is 5.69 Å². The lowest BCUT2D eigenvalue weighted by atomic mass is 10.1. The SMILES string of the molecule is CSc1nn(-c2ccccc2)c(NC(=O)c2ccccc2C)c1C#N. The van der Waals surface area contributed by atoms with Crippen molar-refractivity contribution in [2.45, 2.75) is 11.9 Å². The molecule has 1 amide bonds. The number of carbonyl (C=O) groups is 1. The first-order valence-corrected chi connectivity index (χ1v) is 8.87. The molecule has 0 fully saturated rings. The molecule has 6 heteroatoms. The maximum atomic E-state index is 12.7. The van der Waals surface area contributed by atoms with Crippen LogP contribution in [0.3, 0.4) is 0 Å². The van der Waals surface area contributed by atoms with E-state index in [1.54, 1.807) is 10.7 Å². The van der Waals surface area contributed by atoms with Crippen LogP contribution in [0.25, 0.3) is 5.69 Å². The fourth-order valence-corrected chi connectivity index (χ4v) is 3.03. The van der Waals surface area contributed by atoms with Crippen molar-refractivity contribution in [2.75, 3.05) is 11.6 Å². The minimum Gasteiger partial charge on any atom is -0.305 e. The number of aryl methyl sites for hydroxylation is 1. The molecule has 0 bridgehead atoms. The third-order valence-electron chi connectivity index (χ3n) is 3.78. The minimum absolute atomic E-state index is 0.265. The molecule has 0 spiro atoms. The van der Waals surface area contributed by atoms with Crippen LogP contribution in [0.5, 0.6) is 0 Å². The quantitative estimate of drug-likeness (QED) is 0.723. The molecule has 1 heterocycles. The van der Waals surface area contributed by atoms with Gasteiger partial charge >= 0.3 is 0 Å². The number of nitrogens with one attached hydrogen (secondary N) is 1. The summed E-state index contributed by atoms with van der Waals surface area (Å²) in [5.74, 6) is 0.116. The lowest BCUT2D eigenvalue weighted by molar-refractivity contribution is 0.102. The molecule has 3 rings (SSSR count). The third kappa shape index (κ3) is 3.28. The van der Waals surface area contributed by atoms with E-state index in [-0.39, 0.29) is 5.91 Å². The van der Waals surface area contributed by atoms with Gasteiger partial charge in [-0.3, -0.25) is 4.79 Å². The van der Waals surface area contributed by atoms with Gasteiger partial charge in [0.1, 0.15) is 16.7 Å². The van der Waals surface area contributed by atoms with Gasteiger partial charge in [-0.2, -0.15) is 10.4 Å². The second-order valence-electron chi connectivity index (χ2n) is 5.36. The van der Waals surface area contributed by atoms with Crippen molar-refractivity contribution >= 4 is 23.5 Å². The van der Waals surface area contributed by atoms with E-state index < -0.39 is 0 Å². The number of hydrogen-bond donors (Lipinski definition) is 1. The number of rotatable bonds is 4. The molecular weight excluding hydrogens is 332 g/mol. The van der Waals surface area contributed by atoms with Crippen LogP contribution in [0.15, 0.2) is 59.6 Å². The molecule has 2 aromatic carbocycles. The maximum absolute atomic E-state index is 12.7. The number of hydrogen-bond acceptors (Lipinski definition) is 4. The van der Waals surface area contributed by atoms with E-state index in [1.165, 1.54) is 11.8 Å². The molecule has 0 saturated carbocycles. The van der Waals surface area contributed by atoms with E-state index in [1.807, 2.05) is 61.7 Å². The fraction of sp³-hybridized carbons (Fsp3) is 0.105. The second-order valence-corrected chi connectivity index (χ2v) is 6.16. The zero-order valence-corrected chi connectivity index (χ0v) is 14.7. The molecule has 0 unspecified atom stereocenters. The van der Waals surface area contributed by atoms with Crippen LogP contribution in [0.2, 0.25) is 0 Å². The van der Waals surface area contributed by atoms with Gasteiger partial charge in [-0.15, -0.1) is 11.8 Å². The van der Waals surface area contributed by atoms with Crippen molar-refractivity contribution in [3.05, 3.63) is 71.3 Å². The van der Waals surface area contributed by atoms with E-state index >= 15 is 0 Å². The van der Waals surface area contributed by atoms with Crippen LogP contribution in [-0.2, 0) is 0 Å². The summed E-state index contributed by atoms with van der Waals surface area (Å²) in [4.78, 5) is 12.7. The van der Waals surface area contributed by atoms with Crippen molar-refractivity contribution in [1.82, 2.24) is 9.78 Å². The average molecular weight is 348 g/mol. The van der Waals surface area contributed by atoms with E-state index in [4.69, 9.17) is 0 Å². The molecule has 25 heavy (non-hydrogen) atoms. The summed E-state index contributed by atoms with van der Waals surface area (Å²) in [7, 11) is 0. The highest BCUT2D eigenvalue weighted by atomic mass is 32.2. The Labute approximate surface area is 150 Å². The van der Waals surface area contributed by atoms with Crippen LogP contribution in [0, 0.1) is 18.3 Å². The Morgan fingerprint density at radius 1 is 1.16 bits per heavy atom. The van der Waals surface area contributed by atoms with Crippen molar-refractivity contribution in [3.8, 4) is 11.8 Å². The third-order valence-corrected chi connectivity index (χ3v) is 4.45. The van der Waals surface area contributed by atoms with E-state index in [0.29, 0.717) is 22.0 Å². The van der Waals surface area contributed by atoms with Gasteiger partial charge < -0.3 is 5.32 Å². The standard InChI is InChI=1S/C19H16N4OS/c1-13-8-6-7-11-15(13)18(24)21-17-16(12-20)19(25-2)22-23(17)14-9-4-3-5-10-14/h3-11H,1-2H3,(H,21,24). The number of amides is 1. The largest absolute Gasteiger partial charge is 0.305 e. The molecule has 0 aliphatic heterocycles. The first-order chi connectivity index (χ1) is 12.2. The number of thioether (sulfide) groups is 1. The van der Waals surface area contributed by atoms with E-state index in [0.717, 1.165) is 11.3 Å². The Morgan fingerprint density at radius 3 is 2.48 bits per heavy atom. The Kier molecular flexibility index (Phi) is 4.87. The van der Waals surface area contributed by atoms with Gasteiger partial charge in [-0.25, -0.2) is 4.68 Å². The Balaban J connectivity index is 2.09. The highest BCUT2D eigenvalue weighted by Gasteiger charge is 2.21. The van der Waals surface area contributed by atoms with Crippen LogP contribution in [-0.4, -0.2) is 21.9 Å². The van der Waals surface area contributed by atoms with E-state index in [9.17, 15) is 10.1 Å². The molecule has 124 valence electrons. The average Bonchev–Trinajstić information content (AvgIpc) is 3.00. The number of nitriles is 1. The van der Waals surface area contributed by atoms with Crippen LogP contribution in [0.1, 0.15) is 21.5 Å². The molecule has 0 aliphatic carbocycles. The minimum atomic E-state index is -0.265. The number of benzene rings is 2. The molecule has 0 radical (unpaired) electrons. The predicted octanol–water partition coefficient (Wildman–Crippen LogP) is 4.03. The molecule has 5 nitrogen and oxygen atoms in total. The van der Waals surface area contributed by atoms with Gasteiger partial charge in [0.25, 0.3) is 5.91 Å². The molecular formula is C19H16N4OS. The number of aromatic nitrogens is 2. The Hall–Kier alpha value is -3.04. The molecule has 1 aromatic heterocycles. The summed E-state index contributed by atoms with van der Waals surface area (Å²) >= 11 is 1.37. The summed E-state index contributed by atoms with van der Waals surface area (Å²) in [6.45, 7) is 1.88. The summed E-state index contributed by atoms with van der Waals surface area (Å²) in [6.07, 6.45) is 1.85. The summed E-state index contributed by atoms with van der Waals surface area (Å²) in [5.41, 5.74) is 2.57. The number of para-hydroxylation sites is 1. The topological polar surface area (TPSA) is 70.7 Å². The normalized spacial score (nSPS) is 10.3. The van der Waals surface area contributed by atoms with Crippen molar-refractivity contribution in [2.24, 2.45) is 0 Å². The summed E-state index contributed by atoms with van der Waals surface area (Å²) in [5, 5.41) is 17.5. The zero-order chi connectivity index (χ0) is 17.8. The Morgan fingerprint density at radius 2 is 1.84 bits per heavy atom. The molecule has 0 saturated heterocycles. The molecule has 0 aliphatic rings. The maximum Gasteiger partial charge on any atom is 0.257 e. The van der Waals surface area contributed by atoms with Crippen LogP contribution in [0.4, 0.5) is 5.82 Å². The monoisotopic (exact) mass is 348 g/mol. The second kappa shape index (κ2) is 7.24.